The molecule has 0 heterocycles. The average molecular weight is 290 g/mol. The number of benzene rings is 1. The molecule has 0 saturated heterocycles. The highest BCUT2D eigenvalue weighted by molar-refractivity contribution is 5.53. The predicted molar refractivity (Wildman–Crippen MR) is 90.2 cm³/mol. The maximum atomic E-state index is 10.0. The van der Waals surface area contributed by atoms with Gasteiger partial charge in [0.25, 0.3) is 0 Å². The Morgan fingerprint density at radius 3 is 2.05 bits per heavy atom. The molecular weight excluding hydrogens is 260 g/mol. The molecule has 0 bridgehead atoms. The first-order chi connectivity index (χ1) is 9.49. The smallest absolute Gasteiger partial charge is 0.177 e. The van der Waals surface area contributed by atoms with Crippen molar-refractivity contribution in [3.05, 3.63) is 41.0 Å². The van der Waals surface area contributed by atoms with Gasteiger partial charge in [0.2, 0.25) is 0 Å². The lowest BCUT2D eigenvalue weighted by molar-refractivity contribution is -0.0935. The SMILES string of the molecule is CC(=Cc1ccc(C(C)(C)C)cc1)C(O)OCC(C)(C)C. The van der Waals surface area contributed by atoms with Crippen LogP contribution in [0.5, 0.6) is 0 Å². The second-order valence-electron chi connectivity index (χ2n) is 7.98. The molecule has 0 aliphatic carbocycles. The van der Waals surface area contributed by atoms with Gasteiger partial charge in [0.15, 0.2) is 6.29 Å². The van der Waals surface area contributed by atoms with Crippen molar-refractivity contribution in [1.82, 2.24) is 0 Å². The number of hydrogen-bond acceptors (Lipinski definition) is 2. The zero-order chi connectivity index (χ0) is 16.3. The lowest BCUT2D eigenvalue weighted by Crippen LogP contribution is -2.22. The van der Waals surface area contributed by atoms with E-state index in [-0.39, 0.29) is 10.8 Å². The van der Waals surface area contributed by atoms with Crippen molar-refractivity contribution in [3.8, 4) is 0 Å². The van der Waals surface area contributed by atoms with Gasteiger partial charge in [-0.2, -0.15) is 0 Å². The number of aliphatic hydroxyl groups excluding tert-OH is 1. The fourth-order valence-corrected chi connectivity index (χ4v) is 1.87. The van der Waals surface area contributed by atoms with Crippen molar-refractivity contribution in [2.24, 2.45) is 5.41 Å². The van der Waals surface area contributed by atoms with E-state index in [4.69, 9.17) is 4.74 Å². The number of rotatable bonds is 4. The summed E-state index contributed by atoms with van der Waals surface area (Å²) >= 11 is 0. The molecule has 1 unspecified atom stereocenters. The molecule has 1 N–H and O–H groups in total. The second-order valence-corrected chi connectivity index (χ2v) is 7.98. The van der Waals surface area contributed by atoms with E-state index in [1.54, 1.807) is 0 Å². The highest BCUT2D eigenvalue weighted by Crippen LogP contribution is 2.23. The van der Waals surface area contributed by atoms with E-state index < -0.39 is 6.29 Å². The van der Waals surface area contributed by atoms with Gasteiger partial charge in [0.1, 0.15) is 0 Å². The van der Waals surface area contributed by atoms with Gasteiger partial charge in [0.05, 0.1) is 6.61 Å². The molecule has 1 aromatic carbocycles. The number of hydrogen-bond donors (Lipinski definition) is 1. The van der Waals surface area contributed by atoms with Crippen LogP contribution in [0.3, 0.4) is 0 Å². The normalized spacial score (nSPS) is 15.1. The zero-order valence-electron chi connectivity index (χ0n) is 14.5. The quantitative estimate of drug-likeness (QED) is 0.809. The molecule has 0 aliphatic rings. The highest BCUT2D eigenvalue weighted by atomic mass is 16.6. The third-order valence-electron chi connectivity index (χ3n) is 3.23. The van der Waals surface area contributed by atoms with Gasteiger partial charge in [0, 0.05) is 0 Å². The van der Waals surface area contributed by atoms with Gasteiger partial charge in [-0.3, -0.25) is 0 Å². The molecule has 0 aromatic heterocycles. The first-order valence-corrected chi connectivity index (χ1v) is 7.57. The van der Waals surface area contributed by atoms with Crippen LogP contribution in [-0.4, -0.2) is 18.0 Å². The molecular formula is C19H30O2. The molecule has 0 radical (unpaired) electrons. The van der Waals surface area contributed by atoms with Crippen LogP contribution < -0.4 is 0 Å². The van der Waals surface area contributed by atoms with E-state index in [9.17, 15) is 5.11 Å². The summed E-state index contributed by atoms with van der Waals surface area (Å²) < 4.78 is 5.51. The van der Waals surface area contributed by atoms with Crippen molar-refractivity contribution >= 4 is 6.08 Å². The van der Waals surface area contributed by atoms with E-state index in [2.05, 4.69) is 65.8 Å². The fourth-order valence-electron chi connectivity index (χ4n) is 1.87. The zero-order valence-corrected chi connectivity index (χ0v) is 14.5. The molecule has 2 nitrogen and oxygen atoms in total. The Bertz CT molecular complexity index is 470. The fraction of sp³-hybridized carbons (Fsp3) is 0.579. The molecule has 0 fully saturated rings. The monoisotopic (exact) mass is 290 g/mol. The largest absolute Gasteiger partial charge is 0.364 e. The summed E-state index contributed by atoms with van der Waals surface area (Å²) in [6.07, 6.45) is 1.13. The van der Waals surface area contributed by atoms with Crippen molar-refractivity contribution in [1.29, 1.82) is 0 Å². The molecule has 0 saturated carbocycles. The standard InChI is InChI=1S/C19H30O2/c1-14(17(20)21-13-18(2,3)4)12-15-8-10-16(11-9-15)19(5,6)7/h8-12,17,20H,13H2,1-7H3. The van der Waals surface area contributed by atoms with Crippen molar-refractivity contribution in [2.45, 2.75) is 60.2 Å². The minimum atomic E-state index is -0.841. The van der Waals surface area contributed by atoms with Gasteiger partial charge in [-0.25, -0.2) is 0 Å². The molecule has 2 heteroatoms. The minimum absolute atomic E-state index is 0.0512. The Hall–Kier alpha value is -1.12. The van der Waals surface area contributed by atoms with Gasteiger partial charge >= 0.3 is 0 Å². The van der Waals surface area contributed by atoms with Gasteiger partial charge < -0.3 is 9.84 Å². The van der Waals surface area contributed by atoms with Crippen molar-refractivity contribution in [3.63, 3.8) is 0 Å². The molecule has 1 rings (SSSR count). The Labute approximate surface area is 129 Å². The van der Waals surface area contributed by atoms with Crippen LogP contribution in [0.4, 0.5) is 0 Å². The summed E-state index contributed by atoms with van der Waals surface area (Å²) in [6.45, 7) is 15.3. The molecule has 1 aromatic rings. The summed E-state index contributed by atoms with van der Waals surface area (Å²) in [6, 6.07) is 8.45. The van der Waals surface area contributed by atoms with Crippen molar-refractivity contribution in [2.75, 3.05) is 6.61 Å². The average Bonchev–Trinajstić information content (AvgIpc) is 2.34. The van der Waals surface area contributed by atoms with Crippen LogP contribution in [0.2, 0.25) is 0 Å². The Morgan fingerprint density at radius 1 is 1.10 bits per heavy atom. The van der Waals surface area contributed by atoms with E-state index in [0.29, 0.717) is 6.61 Å². The summed E-state index contributed by atoms with van der Waals surface area (Å²) in [5.41, 5.74) is 3.42. The molecule has 0 spiro atoms. The Morgan fingerprint density at radius 2 is 1.62 bits per heavy atom. The topological polar surface area (TPSA) is 29.5 Å². The summed E-state index contributed by atoms with van der Waals surface area (Å²) in [5.74, 6) is 0. The molecule has 21 heavy (non-hydrogen) atoms. The molecule has 0 amide bonds. The third-order valence-corrected chi connectivity index (χ3v) is 3.23. The van der Waals surface area contributed by atoms with E-state index in [1.807, 2.05) is 13.0 Å². The van der Waals surface area contributed by atoms with E-state index in [1.165, 1.54) is 5.56 Å². The Balaban J connectivity index is 2.73. The summed E-state index contributed by atoms with van der Waals surface area (Å²) in [7, 11) is 0. The van der Waals surface area contributed by atoms with Crippen LogP contribution in [-0.2, 0) is 10.2 Å². The number of ether oxygens (including phenoxy) is 1. The maximum Gasteiger partial charge on any atom is 0.177 e. The molecule has 118 valence electrons. The van der Waals surface area contributed by atoms with Gasteiger partial charge in [-0.15, -0.1) is 0 Å². The highest BCUT2D eigenvalue weighted by Gasteiger charge is 2.15. The van der Waals surface area contributed by atoms with Crippen LogP contribution in [0.15, 0.2) is 29.8 Å². The van der Waals surface area contributed by atoms with Gasteiger partial charge in [-0.05, 0) is 34.5 Å². The lowest BCUT2D eigenvalue weighted by Gasteiger charge is -2.21. The third kappa shape index (κ3) is 6.45. The number of aliphatic hydroxyl groups is 1. The molecule has 1 atom stereocenters. The lowest BCUT2D eigenvalue weighted by atomic mass is 9.86. The Kier molecular flexibility index (Phi) is 5.77. The molecule has 0 aliphatic heterocycles. The van der Waals surface area contributed by atoms with Crippen molar-refractivity contribution < 1.29 is 9.84 Å². The predicted octanol–water partition coefficient (Wildman–Crippen LogP) is 4.77. The minimum Gasteiger partial charge on any atom is -0.364 e. The van der Waals surface area contributed by atoms with Gasteiger partial charge in [-0.1, -0.05) is 71.9 Å². The summed E-state index contributed by atoms with van der Waals surface area (Å²) in [4.78, 5) is 0. The van der Waals surface area contributed by atoms with Crippen LogP contribution in [0.1, 0.15) is 59.6 Å². The van der Waals surface area contributed by atoms with E-state index in [0.717, 1.165) is 11.1 Å². The van der Waals surface area contributed by atoms with Crippen LogP contribution >= 0.6 is 0 Å². The van der Waals surface area contributed by atoms with Crippen LogP contribution in [0.25, 0.3) is 6.08 Å². The second kappa shape index (κ2) is 6.76. The van der Waals surface area contributed by atoms with E-state index >= 15 is 0 Å². The summed E-state index contributed by atoms with van der Waals surface area (Å²) in [5, 5.41) is 10.0. The first kappa shape index (κ1) is 17.9. The first-order valence-electron chi connectivity index (χ1n) is 7.57. The van der Waals surface area contributed by atoms with Crippen LogP contribution in [0, 0.1) is 5.41 Å². The maximum absolute atomic E-state index is 10.0.